The highest BCUT2D eigenvalue weighted by Crippen LogP contribution is 1.66. The van der Waals surface area contributed by atoms with Crippen molar-refractivity contribution in [3.8, 4) is 0 Å². The molecule has 0 aromatic carbocycles. The van der Waals surface area contributed by atoms with Crippen molar-refractivity contribution in [2.24, 2.45) is 0 Å². The number of carboxylic acid groups (broad SMARTS) is 1. The summed E-state index contributed by atoms with van der Waals surface area (Å²) in [4.78, 5) is 17.7. The van der Waals surface area contributed by atoms with Crippen LogP contribution in [0.2, 0.25) is 0 Å². The van der Waals surface area contributed by atoms with E-state index in [-0.39, 0.29) is 11.6 Å². The van der Waals surface area contributed by atoms with Crippen LogP contribution in [0.4, 0.5) is 0 Å². The van der Waals surface area contributed by atoms with E-state index in [4.69, 9.17) is 9.90 Å². The fourth-order valence-corrected chi connectivity index (χ4v) is 0. The van der Waals surface area contributed by atoms with Crippen molar-refractivity contribution >= 4 is 24.2 Å². The summed E-state index contributed by atoms with van der Waals surface area (Å²) < 4.78 is 0. The van der Waals surface area contributed by atoms with Crippen LogP contribution in [0.15, 0.2) is 0 Å². The number of thiol groups is 1. The molecule has 0 aliphatic rings. The lowest BCUT2D eigenvalue weighted by Crippen LogP contribution is -1.62. The van der Waals surface area contributed by atoms with Gasteiger partial charge in [0.2, 0.25) is 0 Å². The maximum Gasteiger partial charge on any atom is 0.290 e. The SMILES string of the molecule is CC(=O)S.O=CO. The Morgan fingerprint density at radius 2 is 1.86 bits per heavy atom. The first-order chi connectivity index (χ1) is 3.15. The molecule has 0 amide bonds. The minimum atomic E-state index is -0.250. The number of hydrogen-bond acceptors (Lipinski definition) is 2. The smallest absolute Gasteiger partial charge is 0.290 e. The van der Waals surface area contributed by atoms with E-state index >= 15 is 0 Å². The Bertz CT molecular complexity index is 57.2. The van der Waals surface area contributed by atoms with E-state index < -0.39 is 0 Å². The van der Waals surface area contributed by atoms with Crippen LogP contribution in [0.25, 0.3) is 0 Å². The van der Waals surface area contributed by atoms with Crippen LogP contribution in [0.1, 0.15) is 6.92 Å². The molecule has 0 rings (SSSR count). The Hall–Kier alpha value is -0.510. The highest BCUT2D eigenvalue weighted by Gasteiger charge is 1.63. The van der Waals surface area contributed by atoms with Crippen molar-refractivity contribution in [2.45, 2.75) is 6.92 Å². The van der Waals surface area contributed by atoms with Gasteiger partial charge in [-0.3, -0.25) is 9.59 Å². The Labute approximate surface area is 46.7 Å². The van der Waals surface area contributed by atoms with Crippen molar-refractivity contribution < 1.29 is 14.7 Å². The Kier molecular flexibility index (Phi) is 12.6. The number of carbonyl (C=O) groups excluding carboxylic acids is 1. The van der Waals surface area contributed by atoms with Gasteiger partial charge in [-0.1, -0.05) is 0 Å². The minimum absolute atomic E-state index is 0.139. The van der Waals surface area contributed by atoms with Gasteiger partial charge in [0.1, 0.15) is 0 Å². The molecule has 42 valence electrons. The van der Waals surface area contributed by atoms with E-state index in [1.54, 1.807) is 0 Å². The third-order valence-corrected chi connectivity index (χ3v) is 0. The van der Waals surface area contributed by atoms with Crippen LogP contribution in [0.5, 0.6) is 0 Å². The predicted molar refractivity (Wildman–Crippen MR) is 28.4 cm³/mol. The molecular formula is C3H6O3S. The maximum absolute atomic E-state index is 9.31. The van der Waals surface area contributed by atoms with Gasteiger partial charge in [0.25, 0.3) is 6.47 Å². The summed E-state index contributed by atoms with van der Waals surface area (Å²) in [5.41, 5.74) is 0. The van der Waals surface area contributed by atoms with Gasteiger partial charge in [-0.25, -0.2) is 0 Å². The Morgan fingerprint density at radius 3 is 1.86 bits per heavy atom. The van der Waals surface area contributed by atoms with Crippen LogP contribution in [0.3, 0.4) is 0 Å². The van der Waals surface area contributed by atoms with Gasteiger partial charge in [-0.05, 0) is 0 Å². The van der Waals surface area contributed by atoms with Crippen molar-refractivity contribution in [2.75, 3.05) is 0 Å². The molecule has 0 spiro atoms. The lowest BCUT2D eigenvalue weighted by atomic mass is 10.9. The molecular weight excluding hydrogens is 116 g/mol. The van der Waals surface area contributed by atoms with Crippen LogP contribution >= 0.6 is 12.6 Å². The fourth-order valence-electron chi connectivity index (χ4n) is 0. The normalized spacial score (nSPS) is 5.43. The lowest BCUT2D eigenvalue weighted by molar-refractivity contribution is -0.122. The second-order valence-corrected chi connectivity index (χ2v) is 1.25. The zero-order chi connectivity index (χ0) is 6.28. The first-order valence-corrected chi connectivity index (χ1v) is 1.87. The van der Waals surface area contributed by atoms with Crippen LogP contribution in [-0.4, -0.2) is 16.7 Å². The molecule has 1 N–H and O–H groups in total. The van der Waals surface area contributed by atoms with E-state index in [0.29, 0.717) is 0 Å². The maximum atomic E-state index is 9.31. The molecule has 0 heterocycles. The Morgan fingerprint density at radius 1 is 1.86 bits per heavy atom. The second kappa shape index (κ2) is 9.09. The topological polar surface area (TPSA) is 54.4 Å². The summed E-state index contributed by atoms with van der Waals surface area (Å²) in [7, 11) is 0. The highest BCUT2D eigenvalue weighted by molar-refractivity contribution is 7.96. The first-order valence-electron chi connectivity index (χ1n) is 1.42. The molecule has 0 aromatic rings. The van der Waals surface area contributed by atoms with Crippen molar-refractivity contribution in [1.29, 1.82) is 0 Å². The molecule has 0 fully saturated rings. The molecule has 0 unspecified atom stereocenters. The van der Waals surface area contributed by atoms with E-state index in [2.05, 4.69) is 12.6 Å². The highest BCUT2D eigenvalue weighted by atomic mass is 32.1. The third-order valence-electron chi connectivity index (χ3n) is 0. The molecule has 4 heteroatoms. The third kappa shape index (κ3) is 257. The zero-order valence-electron chi connectivity index (χ0n) is 3.79. The summed E-state index contributed by atoms with van der Waals surface area (Å²) in [6, 6.07) is 0. The summed E-state index contributed by atoms with van der Waals surface area (Å²) in [6.45, 7) is 1.14. The molecule has 0 bridgehead atoms. The van der Waals surface area contributed by atoms with Crippen LogP contribution in [0, 0.1) is 0 Å². The standard InChI is InChI=1S/C2H4OS.CH2O2/c1-2(3)4;2-1-3/h1H3,(H,3,4);1H,(H,2,3). The average Bonchev–Trinajstić information content (AvgIpc) is 1.33. The second-order valence-electron chi connectivity index (χ2n) is 0.624. The van der Waals surface area contributed by atoms with Gasteiger partial charge in [-0.2, -0.15) is 0 Å². The van der Waals surface area contributed by atoms with Gasteiger partial charge in [0.05, 0.1) is 0 Å². The molecule has 0 aliphatic heterocycles. The quantitative estimate of drug-likeness (QED) is 0.355. The molecule has 0 aromatic heterocycles. The van der Waals surface area contributed by atoms with Gasteiger partial charge in [0.15, 0.2) is 5.12 Å². The number of carbonyl (C=O) groups is 2. The summed E-state index contributed by atoms with van der Waals surface area (Å²) >= 11 is 3.33. The largest absolute Gasteiger partial charge is 0.483 e. The molecule has 0 saturated heterocycles. The van der Waals surface area contributed by atoms with E-state index in [1.807, 2.05) is 0 Å². The minimum Gasteiger partial charge on any atom is -0.483 e. The van der Waals surface area contributed by atoms with Gasteiger partial charge in [0, 0.05) is 6.92 Å². The van der Waals surface area contributed by atoms with Crippen molar-refractivity contribution in [3.05, 3.63) is 0 Å². The average molecular weight is 122 g/mol. The fraction of sp³-hybridized carbons (Fsp3) is 0.333. The molecule has 0 radical (unpaired) electrons. The molecule has 3 nitrogen and oxygen atoms in total. The van der Waals surface area contributed by atoms with E-state index in [1.165, 1.54) is 6.92 Å². The van der Waals surface area contributed by atoms with Gasteiger partial charge in [-0.15, -0.1) is 12.6 Å². The van der Waals surface area contributed by atoms with Crippen LogP contribution in [-0.2, 0) is 9.59 Å². The zero-order valence-corrected chi connectivity index (χ0v) is 4.68. The number of hydrogen-bond donors (Lipinski definition) is 2. The van der Waals surface area contributed by atoms with Crippen molar-refractivity contribution in [3.63, 3.8) is 0 Å². The Balaban J connectivity index is 0. The summed E-state index contributed by atoms with van der Waals surface area (Å²) in [6.07, 6.45) is 0. The summed E-state index contributed by atoms with van der Waals surface area (Å²) in [5.74, 6) is 0. The molecule has 0 aliphatic carbocycles. The predicted octanol–water partition coefficient (Wildman–Crippen LogP) is 0.163. The monoisotopic (exact) mass is 122 g/mol. The molecule has 0 atom stereocenters. The molecule has 0 saturated carbocycles. The van der Waals surface area contributed by atoms with Gasteiger partial charge >= 0.3 is 0 Å². The first kappa shape index (κ1) is 9.70. The molecule has 7 heavy (non-hydrogen) atoms. The lowest BCUT2D eigenvalue weighted by Gasteiger charge is -1.55. The van der Waals surface area contributed by atoms with Crippen molar-refractivity contribution in [1.82, 2.24) is 0 Å². The van der Waals surface area contributed by atoms with E-state index in [0.717, 1.165) is 0 Å². The number of rotatable bonds is 0. The van der Waals surface area contributed by atoms with Crippen LogP contribution < -0.4 is 0 Å². The summed E-state index contributed by atoms with van der Waals surface area (Å²) in [5, 5.41) is 6.75. The van der Waals surface area contributed by atoms with Gasteiger partial charge < -0.3 is 5.11 Å². The van der Waals surface area contributed by atoms with E-state index in [9.17, 15) is 4.79 Å².